The van der Waals surface area contributed by atoms with E-state index < -0.39 is 0 Å². The molecule has 6 heterocycles. The summed E-state index contributed by atoms with van der Waals surface area (Å²) >= 11 is 0. The van der Waals surface area contributed by atoms with Crippen LogP contribution in [0.3, 0.4) is 0 Å². The number of benzene rings is 8. The van der Waals surface area contributed by atoms with Crippen molar-refractivity contribution >= 4 is 109 Å². The van der Waals surface area contributed by atoms with Gasteiger partial charge in [-0.15, -0.1) is 0 Å². The molecule has 2 aliphatic rings. The predicted molar refractivity (Wildman–Crippen MR) is 253 cm³/mol. The van der Waals surface area contributed by atoms with E-state index in [1.54, 1.807) is 0 Å². The fraction of sp³-hybridized carbons (Fsp3) is 0.0714. The van der Waals surface area contributed by atoms with Crippen LogP contribution in [0, 0.1) is 13.8 Å². The normalized spacial score (nSPS) is 16.7. The molecule has 0 N–H and O–H groups in total. The highest BCUT2D eigenvalue weighted by molar-refractivity contribution is 6.34. The standard InChI is InChI=1S/C56H36N4/c1-31-47-43-23-13-21-37-42-30-28-40-36-20-10-12-26-46(36)58(34-17-7-4-8-18-34)54(40)56(42)60(51(37)43)50(47)32(2)48-44-24-14-22-38-41-29-27-39-35-19-9-11-25-45(35)57(33-15-5-3-6-16-33)53(39)55(41)59(49(31)48)52(38)44/h3-30,35,45H,1-2H3. The van der Waals surface area contributed by atoms with Gasteiger partial charge in [0.1, 0.15) is 0 Å². The van der Waals surface area contributed by atoms with Crippen LogP contribution in [0.25, 0.3) is 104 Å². The molecule has 0 bridgehead atoms. The van der Waals surface area contributed by atoms with E-state index in [-0.39, 0.29) is 12.0 Å². The summed E-state index contributed by atoms with van der Waals surface area (Å²) < 4.78 is 7.83. The monoisotopic (exact) mass is 764 g/mol. The number of aryl methyl sites for hydroxylation is 2. The lowest BCUT2D eigenvalue weighted by atomic mass is 9.91. The molecule has 0 amide bonds. The van der Waals surface area contributed by atoms with Crippen LogP contribution < -0.4 is 4.90 Å². The van der Waals surface area contributed by atoms with Crippen LogP contribution in [0.2, 0.25) is 0 Å². The van der Waals surface area contributed by atoms with Gasteiger partial charge in [-0.25, -0.2) is 0 Å². The fourth-order valence-corrected chi connectivity index (χ4v) is 12.3. The molecule has 13 aromatic rings. The minimum Gasteiger partial charge on any atom is -0.332 e. The highest BCUT2D eigenvalue weighted by Gasteiger charge is 2.40. The second-order valence-electron chi connectivity index (χ2n) is 17.2. The lowest BCUT2D eigenvalue weighted by Gasteiger charge is -2.29. The molecule has 4 nitrogen and oxygen atoms in total. The molecular weight excluding hydrogens is 729 g/mol. The van der Waals surface area contributed by atoms with Crippen LogP contribution in [-0.4, -0.2) is 19.4 Å². The molecule has 4 heteroatoms. The summed E-state index contributed by atoms with van der Waals surface area (Å²) in [6.07, 6.45) is 9.25. The van der Waals surface area contributed by atoms with Gasteiger partial charge in [0.15, 0.2) is 0 Å². The molecule has 15 rings (SSSR count). The third kappa shape index (κ3) is 3.47. The molecule has 1 aliphatic heterocycles. The van der Waals surface area contributed by atoms with Gasteiger partial charge in [-0.1, -0.05) is 140 Å². The topological polar surface area (TPSA) is 17.0 Å². The Morgan fingerprint density at radius 2 is 0.900 bits per heavy atom. The number of hydrogen-bond acceptors (Lipinski definition) is 1. The molecule has 5 aromatic heterocycles. The van der Waals surface area contributed by atoms with Crippen molar-refractivity contribution in [1.82, 2.24) is 13.4 Å². The summed E-state index contributed by atoms with van der Waals surface area (Å²) in [6, 6.07) is 54.6. The molecule has 0 spiro atoms. The molecule has 2 atom stereocenters. The average Bonchev–Trinajstić information content (AvgIpc) is 4.13. The zero-order chi connectivity index (χ0) is 39.1. The van der Waals surface area contributed by atoms with Gasteiger partial charge >= 0.3 is 0 Å². The molecule has 2 unspecified atom stereocenters. The van der Waals surface area contributed by atoms with E-state index in [4.69, 9.17) is 0 Å². The van der Waals surface area contributed by atoms with Crippen molar-refractivity contribution in [1.29, 1.82) is 0 Å². The zero-order valence-electron chi connectivity index (χ0n) is 33.1. The van der Waals surface area contributed by atoms with E-state index in [0.717, 1.165) is 0 Å². The van der Waals surface area contributed by atoms with Gasteiger partial charge in [0.05, 0.1) is 55.9 Å². The van der Waals surface area contributed by atoms with Gasteiger partial charge in [0.25, 0.3) is 0 Å². The summed E-state index contributed by atoms with van der Waals surface area (Å²) in [4.78, 5) is 2.62. The highest BCUT2D eigenvalue weighted by atomic mass is 15.2. The molecule has 0 saturated carbocycles. The number of para-hydroxylation sites is 5. The molecule has 280 valence electrons. The largest absolute Gasteiger partial charge is 0.332 e. The van der Waals surface area contributed by atoms with Crippen molar-refractivity contribution in [2.75, 3.05) is 4.90 Å². The van der Waals surface area contributed by atoms with Crippen molar-refractivity contribution < 1.29 is 0 Å². The Morgan fingerprint density at radius 3 is 1.60 bits per heavy atom. The number of allylic oxidation sites excluding steroid dienone is 2. The Balaban J connectivity index is 1.17. The third-order valence-electron chi connectivity index (χ3n) is 14.5. The van der Waals surface area contributed by atoms with E-state index in [9.17, 15) is 0 Å². The van der Waals surface area contributed by atoms with Crippen LogP contribution in [-0.2, 0) is 0 Å². The maximum absolute atomic E-state index is 2.68. The van der Waals surface area contributed by atoms with Crippen LogP contribution >= 0.6 is 0 Å². The summed E-state index contributed by atoms with van der Waals surface area (Å²) in [5, 5.41) is 13.1. The molecular formula is C56H36N4. The second kappa shape index (κ2) is 10.7. The predicted octanol–water partition coefficient (Wildman–Crippen LogP) is 14.4. The first-order valence-corrected chi connectivity index (χ1v) is 21.2. The summed E-state index contributed by atoms with van der Waals surface area (Å²) in [5.41, 5.74) is 18.1. The van der Waals surface area contributed by atoms with E-state index in [1.807, 2.05) is 0 Å². The first-order valence-electron chi connectivity index (χ1n) is 21.2. The van der Waals surface area contributed by atoms with Crippen LogP contribution in [0.15, 0.2) is 170 Å². The van der Waals surface area contributed by atoms with Gasteiger partial charge in [-0.05, 0) is 60.9 Å². The molecule has 8 aromatic carbocycles. The Morgan fingerprint density at radius 1 is 0.383 bits per heavy atom. The van der Waals surface area contributed by atoms with Gasteiger partial charge in [0.2, 0.25) is 0 Å². The number of anilines is 2. The summed E-state index contributed by atoms with van der Waals surface area (Å²) in [6.45, 7) is 4.79. The minimum atomic E-state index is 0.215. The minimum absolute atomic E-state index is 0.215. The smallest absolute Gasteiger partial charge is 0.0789 e. The van der Waals surface area contributed by atoms with Crippen molar-refractivity contribution in [2.45, 2.75) is 25.8 Å². The number of hydrogen-bond donors (Lipinski definition) is 0. The first kappa shape index (κ1) is 31.4. The lowest BCUT2D eigenvalue weighted by Crippen LogP contribution is -2.28. The fourth-order valence-electron chi connectivity index (χ4n) is 12.3. The van der Waals surface area contributed by atoms with Gasteiger partial charge in [0, 0.05) is 71.2 Å². The summed E-state index contributed by atoms with van der Waals surface area (Å²) in [5.74, 6) is 0.281. The number of nitrogens with zero attached hydrogens (tertiary/aromatic N) is 4. The van der Waals surface area contributed by atoms with Crippen LogP contribution in [0.1, 0.15) is 22.6 Å². The SMILES string of the molecule is Cc1c2c3cccc4c5ccc6c7ccccc7n(-c7ccccc7)c6c5n(c2c(C)c2c5cccc6c7ccc8c(c7n(c12)c65)N(c1ccccc1)C1C=CC=CC81)c43. The van der Waals surface area contributed by atoms with Crippen molar-refractivity contribution in [2.24, 2.45) is 0 Å². The molecule has 0 fully saturated rings. The van der Waals surface area contributed by atoms with E-state index >= 15 is 0 Å². The number of rotatable bonds is 2. The van der Waals surface area contributed by atoms with Crippen molar-refractivity contribution in [3.63, 3.8) is 0 Å². The van der Waals surface area contributed by atoms with E-state index in [2.05, 4.69) is 202 Å². The van der Waals surface area contributed by atoms with E-state index in [1.165, 1.54) is 132 Å². The maximum Gasteiger partial charge on any atom is 0.0789 e. The van der Waals surface area contributed by atoms with E-state index in [0.29, 0.717) is 0 Å². The quantitative estimate of drug-likeness (QED) is 0.171. The number of fused-ring (bicyclic) bond motifs is 20. The maximum atomic E-state index is 2.68. The third-order valence-corrected chi connectivity index (χ3v) is 14.5. The number of aromatic nitrogens is 3. The highest BCUT2D eigenvalue weighted by Crippen LogP contribution is 2.55. The van der Waals surface area contributed by atoms with Gasteiger partial charge < -0.3 is 18.3 Å². The van der Waals surface area contributed by atoms with Gasteiger partial charge in [-0.3, -0.25) is 0 Å². The van der Waals surface area contributed by atoms with Crippen molar-refractivity contribution in [3.05, 3.63) is 187 Å². The van der Waals surface area contributed by atoms with Crippen LogP contribution in [0.4, 0.5) is 11.4 Å². The first-order chi connectivity index (χ1) is 29.7. The molecule has 0 saturated heterocycles. The summed E-state index contributed by atoms with van der Waals surface area (Å²) in [7, 11) is 0. The lowest BCUT2D eigenvalue weighted by molar-refractivity contribution is 0.745. The molecule has 1 aliphatic carbocycles. The molecule has 60 heavy (non-hydrogen) atoms. The second-order valence-corrected chi connectivity index (χ2v) is 17.2. The Hall–Kier alpha value is -7.56. The molecule has 0 radical (unpaired) electrons. The Bertz CT molecular complexity index is 4080. The van der Waals surface area contributed by atoms with Gasteiger partial charge in [-0.2, -0.15) is 0 Å². The Kier molecular flexibility index (Phi) is 5.62. The van der Waals surface area contributed by atoms with Crippen molar-refractivity contribution in [3.8, 4) is 5.69 Å². The average molecular weight is 765 g/mol. The Labute approximate surface area is 344 Å². The zero-order valence-corrected chi connectivity index (χ0v) is 33.1. The van der Waals surface area contributed by atoms with Crippen LogP contribution in [0.5, 0.6) is 0 Å².